The molecule has 2 heterocycles. The van der Waals surface area contributed by atoms with E-state index in [2.05, 4.69) is 15.3 Å². The van der Waals surface area contributed by atoms with E-state index in [4.69, 9.17) is 9.47 Å². The van der Waals surface area contributed by atoms with Gasteiger partial charge in [-0.05, 0) is 25.1 Å². The normalized spacial score (nSPS) is 10.3. The molecule has 1 N–H and O–H groups in total. The summed E-state index contributed by atoms with van der Waals surface area (Å²) < 4.78 is 11.1. The first-order valence-electron chi connectivity index (χ1n) is 7.58. The van der Waals surface area contributed by atoms with E-state index in [1.54, 1.807) is 43.2 Å². The number of benzene rings is 1. The Balaban J connectivity index is 1.75. The fourth-order valence-corrected chi connectivity index (χ4v) is 2.92. The van der Waals surface area contributed by atoms with E-state index in [1.165, 1.54) is 11.3 Å². The summed E-state index contributed by atoms with van der Waals surface area (Å²) >= 11 is 1.31. The van der Waals surface area contributed by atoms with Crippen LogP contribution in [0.3, 0.4) is 0 Å². The number of aromatic nitrogens is 2. The van der Waals surface area contributed by atoms with Crippen molar-refractivity contribution in [3.05, 3.63) is 64.4 Å². The van der Waals surface area contributed by atoms with Crippen LogP contribution in [0.4, 0.5) is 5.69 Å². The molecule has 0 spiro atoms. The maximum Gasteiger partial charge on any atom is 0.267 e. The highest BCUT2D eigenvalue weighted by Crippen LogP contribution is 2.31. The SMILES string of the molecule is COc1ccc(NC(=O)c2scnc2C)cc1OCc1cccnc1. The van der Waals surface area contributed by atoms with Crippen LogP contribution in [0, 0.1) is 6.92 Å². The number of hydrogen-bond acceptors (Lipinski definition) is 6. The Morgan fingerprint density at radius 1 is 1.28 bits per heavy atom. The Bertz CT molecular complexity index is 865. The molecule has 3 aromatic rings. The van der Waals surface area contributed by atoms with Crippen molar-refractivity contribution in [3.8, 4) is 11.5 Å². The highest BCUT2D eigenvalue weighted by molar-refractivity contribution is 7.12. The van der Waals surface area contributed by atoms with Crippen LogP contribution in [0.15, 0.2) is 48.2 Å². The molecule has 0 fully saturated rings. The van der Waals surface area contributed by atoms with E-state index in [0.29, 0.717) is 34.4 Å². The number of rotatable bonds is 6. The van der Waals surface area contributed by atoms with Crippen molar-refractivity contribution in [2.45, 2.75) is 13.5 Å². The number of methoxy groups -OCH3 is 1. The summed E-state index contributed by atoms with van der Waals surface area (Å²) in [7, 11) is 1.57. The largest absolute Gasteiger partial charge is 0.493 e. The van der Waals surface area contributed by atoms with Gasteiger partial charge < -0.3 is 14.8 Å². The number of carbonyl (C=O) groups excluding carboxylic acids is 1. The van der Waals surface area contributed by atoms with E-state index < -0.39 is 0 Å². The summed E-state index contributed by atoms with van der Waals surface area (Å²) in [5.41, 5.74) is 3.93. The molecule has 0 atom stereocenters. The predicted octanol–water partition coefficient (Wildman–Crippen LogP) is 3.69. The molecule has 0 unspecified atom stereocenters. The van der Waals surface area contributed by atoms with Crippen molar-refractivity contribution < 1.29 is 14.3 Å². The summed E-state index contributed by atoms with van der Waals surface area (Å²) in [6, 6.07) is 9.04. The van der Waals surface area contributed by atoms with Gasteiger partial charge >= 0.3 is 0 Å². The summed E-state index contributed by atoms with van der Waals surface area (Å²) in [6.07, 6.45) is 3.45. The second-order valence-corrected chi connectivity index (χ2v) is 6.09. The van der Waals surface area contributed by atoms with Gasteiger partial charge in [-0.2, -0.15) is 0 Å². The lowest BCUT2D eigenvalue weighted by Gasteiger charge is -2.13. The number of amides is 1. The minimum absolute atomic E-state index is 0.191. The Labute approximate surface area is 149 Å². The molecule has 0 radical (unpaired) electrons. The molecule has 1 aromatic carbocycles. The van der Waals surface area contributed by atoms with Gasteiger partial charge in [0.25, 0.3) is 5.91 Å². The zero-order valence-corrected chi connectivity index (χ0v) is 14.7. The Hall–Kier alpha value is -2.93. The lowest BCUT2D eigenvalue weighted by molar-refractivity contribution is 0.103. The van der Waals surface area contributed by atoms with Gasteiger partial charge in [0.05, 0.1) is 18.3 Å². The molecule has 0 saturated heterocycles. The molecule has 128 valence electrons. The number of nitrogens with zero attached hydrogens (tertiary/aromatic N) is 2. The van der Waals surface area contributed by atoms with Crippen LogP contribution in [0.25, 0.3) is 0 Å². The van der Waals surface area contributed by atoms with Crippen molar-refractivity contribution in [3.63, 3.8) is 0 Å². The minimum Gasteiger partial charge on any atom is -0.493 e. The standard InChI is InChI=1S/C18H17N3O3S/c1-12-17(25-11-20-12)18(22)21-14-5-6-15(23-2)16(8-14)24-10-13-4-3-7-19-9-13/h3-9,11H,10H2,1-2H3,(H,21,22). The topological polar surface area (TPSA) is 73.3 Å². The number of aryl methyl sites for hydroxylation is 1. The van der Waals surface area contributed by atoms with Crippen LogP contribution in [0.1, 0.15) is 20.9 Å². The molecule has 7 heteroatoms. The molecule has 0 aliphatic carbocycles. The van der Waals surface area contributed by atoms with E-state index in [0.717, 1.165) is 5.56 Å². The summed E-state index contributed by atoms with van der Waals surface area (Å²) in [4.78, 5) is 21.1. The summed E-state index contributed by atoms with van der Waals surface area (Å²) in [6.45, 7) is 2.16. The van der Waals surface area contributed by atoms with Gasteiger partial charge in [0.2, 0.25) is 0 Å². The molecular weight excluding hydrogens is 338 g/mol. The number of hydrogen-bond donors (Lipinski definition) is 1. The number of carbonyl (C=O) groups is 1. The van der Waals surface area contributed by atoms with Crippen LogP contribution in [0.5, 0.6) is 11.5 Å². The first kappa shape index (κ1) is 16.9. The lowest BCUT2D eigenvalue weighted by Crippen LogP contribution is -2.11. The second kappa shape index (κ2) is 7.76. The fraction of sp³-hybridized carbons (Fsp3) is 0.167. The molecule has 3 rings (SSSR count). The highest BCUT2D eigenvalue weighted by atomic mass is 32.1. The number of pyridine rings is 1. The highest BCUT2D eigenvalue weighted by Gasteiger charge is 2.13. The van der Waals surface area contributed by atoms with Crippen molar-refractivity contribution in [2.75, 3.05) is 12.4 Å². The van der Waals surface area contributed by atoms with Crippen molar-refractivity contribution in [1.29, 1.82) is 0 Å². The van der Waals surface area contributed by atoms with Gasteiger partial charge in [0, 0.05) is 29.7 Å². The smallest absolute Gasteiger partial charge is 0.267 e. The molecule has 0 bridgehead atoms. The van der Waals surface area contributed by atoms with Gasteiger partial charge in [-0.1, -0.05) is 6.07 Å². The molecule has 0 saturated carbocycles. The predicted molar refractivity (Wildman–Crippen MR) is 96.4 cm³/mol. The zero-order valence-electron chi connectivity index (χ0n) is 13.9. The third-order valence-corrected chi connectivity index (χ3v) is 4.42. The second-order valence-electron chi connectivity index (χ2n) is 5.24. The monoisotopic (exact) mass is 355 g/mol. The van der Waals surface area contributed by atoms with Crippen molar-refractivity contribution in [2.24, 2.45) is 0 Å². The molecule has 0 aliphatic rings. The van der Waals surface area contributed by atoms with Gasteiger partial charge in [0.1, 0.15) is 11.5 Å². The first-order valence-corrected chi connectivity index (χ1v) is 8.46. The van der Waals surface area contributed by atoms with Crippen LogP contribution in [-0.2, 0) is 6.61 Å². The molecule has 1 amide bonds. The quantitative estimate of drug-likeness (QED) is 0.730. The number of thiazole rings is 1. The van der Waals surface area contributed by atoms with Crippen LogP contribution >= 0.6 is 11.3 Å². The number of anilines is 1. The average Bonchev–Trinajstić information content (AvgIpc) is 3.07. The summed E-state index contributed by atoms with van der Waals surface area (Å²) in [5.74, 6) is 0.949. The molecule has 0 aliphatic heterocycles. The van der Waals surface area contributed by atoms with Crippen molar-refractivity contribution in [1.82, 2.24) is 9.97 Å². The molecule has 6 nitrogen and oxygen atoms in total. The van der Waals surface area contributed by atoms with Gasteiger partial charge in [-0.15, -0.1) is 11.3 Å². The third-order valence-electron chi connectivity index (χ3n) is 3.49. The maximum atomic E-state index is 12.3. The Morgan fingerprint density at radius 2 is 2.16 bits per heavy atom. The van der Waals surface area contributed by atoms with Gasteiger partial charge in [-0.25, -0.2) is 4.98 Å². The van der Waals surface area contributed by atoms with E-state index >= 15 is 0 Å². The van der Waals surface area contributed by atoms with E-state index in [1.807, 2.05) is 19.1 Å². The van der Waals surface area contributed by atoms with Crippen LogP contribution in [-0.4, -0.2) is 23.0 Å². The number of ether oxygens (including phenoxy) is 2. The van der Waals surface area contributed by atoms with E-state index in [9.17, 15) is 4.79 Å². The van der Waals surface area contributed by atoms with Gasteiger partial charge in [-0.3, -0.25) is 9.78 Å². The van der Waals surface area contributed by atoms with Crippen LogP contribution < -0.4 is 14.8 Å². The fourth-order valence-electron chi connectivity index (χ4n) is 2.22. The Kier molecular flexibility index (Phi) is 5.25. The number of nitrogens with one attached hydrogen (secondary N) is 1. The zero-order chi connectivity index (χ0) is 17.6. The average molecular weight is 355 g/mol. The minimum atomic E-state index is -0.191. The summed E-state index contributed by atoms with van der Waals surface area (Å²) in [5, 5.41) is 2.86. The lowest BCUT2D eigenvalue weighted by atomic mass is 10.2. The van der Waals surface area contributed by atoms with Crippen molar-refractivity contribution >= 4 is 22.9 Å². The maximum absolute atomic E-state index is 12.3. The van der Waals surface area contributed by atoms with E-state index in [-0.39, 0.29) is 5.91 Å². The molecular formula is C18H17N3O3S. The van der Waals surface area contributed by atoms with Gasteiger partial charge in [0.15, 0.2) is 11.5 Å². The van der Waals surface area contributed by atoms with Crippen LogP contribution in [0.2, 0.25) is 0 Å². The Morgan fingerprint density at radius 3 is 2.84 bits per heavy atom. The first-order chi connectivity index (χ1) is 12.2. The third kappa shape index (κ3) is 4.13. The molecule has 25 heavy (non-hydrogen) atoms. The molecule has 2 aromatic heterocycles.